The molecule has 0 aromatic heterocycles. The summed E-state index contributed by atoms with van der Waals surface area (Å²) >= 11 is 0. The molecule has 0 N–H and O–H groups in total. The molecule has 3 heterocycles. The van der Waals surface area contributed by atoms with Crippen molar-refractivity contribution in [1.29, 1.82) is 0 Å². The second-order valence-corrected chi connectivity index (χ2v) is 7.49. The highest BCUT2D eigenvalue weighted by molar-refractivity contribution is 5.85. The van der Waals surface area contributed by atoms with Crippen LogP contribution in [0.15, 0.2) is 0 Å². The summed E-state index contributed by atoms with van der Waals surface area (Å²) in [4.78, 5) is 24.7. The highest BCUT2D eigenvalue weighted by Crippen LogP contribution is 2.61. The first-order chi connectivity index (χ1) is 9.78. The van der Waals surface area contributed by atoms with Gasteiger partial charge in [0.2, 0.25) is 0 Å². The normalized spacial score (nSPS) is 43.8. The van der Waals surface area contributed by atoms with E-state index < -0.39 is 17.4 Å². The molecule has 5 nitrogen and oxygen atoms in total. The zero-order valence-electron chi connectivity index (χ0n) is 13.3. The van der Waals surface area contributed by atoms with Crippen molar-refractivity contribution in [3.05, 3.63) is 0 Å². The fourth-order valence-corrected chi connectivity index (χ4v) is 4.35. The van der Waals surface area contributed by atoms with Crippen LogP contribution in [0.5, 0.6) is 0 Å². The first-order valence-corrected chi connectivity index (χ1v) is 7.81. The average molecular weight is 296 g/mol. The maximum atomic E-state index is 12.4. The Labute approximate surface area is 125 Å². The van der Waals surface area contributed by atoms with Crippen molar-refractivity contribution in [1.82, 2.24) is 0 Å². The first kappa shape index (κ1) is 14.8. The molecule has 0 saturated carbocycles. The van der Waals surface area contributed by atoms with Gasteiger partial charge in [-0.3, -0.25) is 9.59 Å². The van der Waals surface area contributed by atoms with E-state index in [1.165, 1.54) is 0 Å². The number of rotatable bonds is 4. The summed E-state index contributed by atoms with van der Waals surface area (Å²) in [5, 5.41) is 0. The molecule has 5 heteroatoms. The van der Waals surface area contributed by atoms with Gasteiger partial charge in [0.05, 0.1) is 12.7 Å². The summed E-state index contributed by atoms with van der Waals surface area (Å²) in [6.07, 6.45) is -1.04. The van der Waals surface area contributed by atoms with E-state index in [4.69, 9.17) is 14.2 Å². The summed E-state index contributed by atoms with van der Waals surface area (Å²) < 4.78 is 16.9. The molecule has 3 rings (SSSR count). The van der Waals surface area contributed by atoms with Gasteiger partial charge in [-0.2, -0.15) is 0 Å². The minimum absolute atomic E-state index is 0.00495. The van der Waals surface area contributed by atoms with E-state index in [0.717, 1.165) is 0 Å². The second-order valence-electron chi connectivity index (χ2n) is 7.49. The third-order valence-electron chi connectivity index (χ3n) is 5.18. The maximum Gasteiger partial charge on any atom is 0.315 e. The van der Waals surface area contributed by atoms with Gasteiger partial charge in [0.25, 0.3) is 0 Å². The van der Waals surface area contributed by atoms with Gasteiger partial charge in [-0.15, -0.1) is 0 Å². The van der Waals surface area contributed by atoms with Crippen LogP contribution in [-0.2, 0) is 23.8 Å². The summed E-state index contributed by atoms with van der Waals surface area (Å²) in [6.45, 7) is 10.4. The van der Waals surface area contributed by atoms with Crippen molar-refractivity contribution >= 4 is 11.9 Å². The predicted octanol–water partition coefficient (Wildman–Crippen LogP) is 1.79. The Morgan fingerprint density at radius 1 is 1.29 bits per heavy atom. The SMILES string of the molecule is CC(C)COC(=O)C1C2OC(=O)C3(C)C2OC1C3C(C)C. The Hall–Kier alpha value is -1.10. The van der Waals surface area contributed by atoms with Crippen molar-refractivity contribution in [2.24, 2.45) is 29.1 Å². The van der Waals surface area contributed by atoms with E-state index in [9.17, 15) is 9.59 Å². The van der Waals surface area contributed by atoms with Gasteiger partial charge >= 0.3 is 11.9 Å². The molecule has 0 aromatic carbocycles. The largest absolute Gasteiger partial charge is 0.465 e. The lowest BCUT2D eigenvalue weighted by Crippen LogP contribution is -2.50. The van der Waals surface area contributed by atoms with E-state index >= 15 is 0 Å². The first-order valence-electron chi connectivity index (χ1n) is 7.81. The van der Waals surface area contributed by atoms with Crippen LogP contribution < -0.4 is 0 Å². The fraction of sp³-hybridized carbons (Fsp3) is 0.875. The monoisotopic (exact) mass is 296 g/mol. The van der Waals surface area contributed by atoms with E-state index in [1.54, 1.807) is 0 Å². The molecular formula is C16H24O5. The van der Waals surface area contributed by atoms with Gasteiger partial charge in [-0.1, -0.05) is 27.7 Å². The Bertz CT molecular complexity index is 471. The average Bonchev–Trinajstić information content (AvgIpc) is 2.93. The van der Waals surface area contributed by atoms with Crippen molar-refractivity contribution in [2.45, 2.75) is 52.9 Å². The number of carbonyl (C=O) groups excluding carboxylic acids is 2. The van der Waals surface area contributed by atoms with Gasteiger partial charge in [0.1, 0.15) is 23.5 Å². The Morgan fingerprint density at radius 3 is 2.52 bits per heavy atom. The Balaban J connectivity index is 1.86. The molecule has 3 aliphatic rings. The van der Waals surface area contributed by atoms with Crippen LogP contribution in [0, 0.1) is 29.1 Å². The fourth-order valence-electron chi connectivity index (χ4n) is 4.35. The molecule has 0 radical (unpaired) electrons. The standard InChI is InChI=1S/C16H24O5/c1-7(2)6-19-14(17)9-11-10(8(3)4)16(5)13(20-11)12(9)21-15(16)18/h7-13H,6H2,1-5H3. The summed E-state index contributed by atoms with van der Waals surface area (Å²) in [5.41, 5.74) is -0.613. The van der Waals surface area contributed by atoms with E-state index in [-0.39, 0.29) is 41.9 Å². The van der Waals surface area contributed by atoms with Gasteiger partial charge in [-0.25, -0.2) is 0 Å². The minimum Gasteiger partial charge on any atom is -0.465 e. The number of hydrogen-bond acceptors (Lipinski definition) is 5. The van der Waals surface area contributed by atoms with Crippen LogP contribution in [0.3, 0.4) is 0 Å². The molecule has 21 heavy (non-hydrogen) atoms. The Morgan fingerprint density at radius 2 is 1.95 bits per heavy atom. The molecule has 3 aliphatic heterocycles. The van der Waals surface area contributed by atoms with E-state index in [0.29, 0.717) is 6.61 Å². The van der Waals surface area contributed by atoms with E-state index in [2.05, 4.69) is 13.8 Å². The van der Waals surface area contributed by atoms with Gasteiger partial charge in [0.15, 0.2) is 0 Å². The Kier molecular flexibility index (Phi) is 3.32. The lowest BCUT2D eigenvalue weighted by atomic mass is 9.61. The van der Waals surface area contributed by atoms with Gasteiger partial charge < -0.3 is 14.2 Å². The van der Waals surface area contributed by atoms with Crippen LogP contribution >= 0.6 is 0 Å². The summed E-state index contributed by atoms with van der Waals surface area (Å²) in [7, 11) is 0. The molecule has 6 unspecified atom stereocenters. The topological polar surface area (TPSA) is 61.8 Å². The molecule has 6 atom stereocenters. The number of esters is 2. The minimum atomic E-state index is -0.613. The molecule has 3 saturated heterocycles. The highest BCUT2D eigenvalue weighted by atomic mass is 16.6. The van der Waals surface area contributed by atoms with Crippen molar-refractivity contribution < 1.29 is 23.8 Å². The molecule has 0 amide bonds. The number of fused-ring (bicyclic) bond motifs is 1. The lowest BCUT2D eigenvalue weighted by Gasteiger charge is -2.35. The number of carbonyl (C=O) groups is 2. The lowest BCUT2D eigenvalue weighted by molar-refractivity contribution is -0.157. The molecule has 3 fully saturated rings. The maximum absolute atomic E-state index is 12.4. The number of ether oxygens (including phenoxy) is 3. The molecule has 0 spiro atoms. The van der Waals surface area contributed by atoms with Crippen molar-refractivity contribution in [3.63, 3.8) is 0 Å². The number of hydrogen-bond donors (Lipinski definition) is 0. The van der Waals surface area contributed by atoms with Crippen LogP contribution in [0.4, 0.5) is 0 Å². The van der Waals surface area contributed by atoms with Gasteiger partial charge in [-0.05, 0) is 18.8 Å². The van der Waals surface area contributed by atoms with Crippen LogP contribution in [-0.4, -0.2) is 36.9 Å². The molecule has 0 aliphatic carbocycles. The summed E-state index contributed by atoms with van der Waals surface area (Å²) in [5.74, 6) is -0.449. The van der Waals surface area contributed by atoms with Crippen molar-refractivity contribution in [3.8, 4) is 0 Å². The zero-order chi connectivity index (χ0) is 15.5. The summed E-state index contributed by atoms with van der Waals surface area (Å²) in [6, 6.07) is 0. The molecule has 118 valence electrons. The van der Waals surface area contributed by atoms with Crippen LogP contribution in [0.2, 0.25) is 0 Å². The predicted molar refractivity (Wildman–Crippen MR) is 74.3 cm³/mol. The molecule has 0 aromatic rings. The second kappa shape index (κ2) is 4.70. The van der Waals surface area contributed by atoms with Crippen molar-refractivity contribution in [2.75, 3.05) is 6.61 Å². The quantitative estimate of drug-likeness (QED) is 0.740. The smallest absolute Gasteiger partial charge is 0.315 e. The molecule has 2 bridgehead atoms. The van der Waals surface area contributed by atoms with E-state index in [1.807, 2.05) is 20.8 Å². The van der Waals surface area contributed by atoms with Crippen LogP contribution in [0.1, 0.15) is 34.6 Å². The molecular weight excluding hydrogens is 272 g/mol. The van der Waals surface area contributed by atoms with Crippen LogP contribution in [0.25, 0.3) is 0 Å². The zero-order valence-corrected chi connectivity index (χ0v) is 13.3. The third-order valence-corrected chi connectivity index (χ3v) is 5.18. The highest BCUT2D eigenvalue weighted by Gasteiger charge is 2.76. The van der Waals surface area contributed by atoms with Gasteiger partial charge in [0, 0.05) is 5.92 Å². The third kappa shape index (κ3) is 1.86.